The molecule has 0 spiro atoms. The van der Waals surface area contributed by atoms with Gasteiger partial charge in [-0.15, -0.1) is 0 Å². The van der Waals surface area contributed by atoms with E-state index in [1.54, 1.807) is 0 Å². The highest BCUT2D eigenvalue weighted by atomic mass is 35.5. The molecule has 2 nitrogen and oxygen atoms in total. The smallest absolute Gasteiger partial charge is 0.136 e. The van der Waals surface area contributed by atoms with Gasteiger partial charge in [0.15, 0.2) is 0 Å². The normalized spacial score (nSPS) is 19.2. The van der Waals surface area contributed by atoms with E-state index >= 15 is 0 Å². The predicted molar refractivity (Wildman–Crippen MR) is 84.9 cm³/mol. The third kappa shape index (κ3) is 1.61. The zero-order valence-electron chi connectivity index (χ0n) is 11.3. The third-order valence-electron chi connectivity index (χ3n) is 4.13. The lowest BCUT2D eigenvalue weighted by Gasteiger charge is -2.30. The molecule has 2 aromatic carbocycles. The van der Waals surface area contributed by atoms with Gasteiger partial charge >= 0.3 is 0 Å². The summed E-state index contributed by atoms with van der Waals surface area (Å²) in [5.74, 6) is 1.11. The van der Waals surface area contributed by atoms with Crippen molar-refractivity contribution in [2.45, 2.75) is 19.4 Å². The van der Waals surface area contributed by atoms with Crippen LogP contribution >= 0.6 is 11.6 Å². The molecule has 2 aliphatic rings. The number of aliphatic imine (C=N–C) groups is 1. The van der Waals surface area contributed by atoms with E-state index in [4.69, 9.17) is 16.6 Å². The fourth-order valence-electron chi connectivity index (χ4n) is 3.10. The second-order valence-corrected chi connectivity index (χ2v) is 5.77. The minimum absolute atomic E-state index is 0.389. The summed E-state index contributed by atoms with van der Waals surface area (Å²) in [6.45, 7) is 3.16. The van der Waals surface area contributed by atoms with Gasteiger partial charge in [-0.2, -0.15) is 0 Å². The first-order chi connectivity index (χ1) is 9.78. The number of halogens is 1. The maximum Gasteiger partial charge on any atom is 0.136 e. The number of benzene rings is 2. The van der Waals surface area contributed by atoms with Gasteiger partial charge in [-0.1, -0.05) is 42.8 Å². The lowest BCUT2D eigenvalue weighted by molar-refractivity contribution is 0.693. The van der Waals surface area contributed by atoms with Crippen molar-refractivity contribution in [2.75, 3.05) is 11.4 Å². The Morgan fingerprint density at radius 3 is 2.75 bits per heavy atom. The van der Waals surface area contributed by atoms with Crippen LogP contribution in [-0.2, 0) is 0 Å². The Morgan fingerprint density at radius 2 is 1.95 bits per heavy atom. The molecule has 3 heteroatoms. The molecule has 0 saturated heterocycles. The second-order valence-electron chi connectivity index (χ2n) is 5.33. The fraction of sp³-hybridized carbons (Fsp3) is 0.235. The Hall–Kier alpha value is -1.80. The van der Waals surface area contributed by atoms with E-state index in [1.165, 1.54) is 22.4 Å². The van der Waals surface area contributed by atoms with Crippen LogP contribution in [0.5, 0.6) is 0 Å². The Balaban J connectivity index is 2.00. The molecule has 1 atom stereocenters. The topological polar surface area (TPSA) is 15.6 Å². The predicted octanol–water partition coefficient (Wildman–Crippen LogP) is 4.37. The lowest BCUT2D eigenvalue weighted by atomic mass is 9.93. The molecule has 0 saturated carbocycles. The second kappa shape index (κ2) is 4.35. The molecule has 0 aromatic heterocycles. The first-order valence-electron chi connectivity index (χ1n) is 7.02. The van der Waals surface area contributed by atoms with Gasteiger partial charge in [-0.05, 0) is 30.2 Å². The highest BCUT2D eigenvalue weighted by Gasteiger charge is 2.33. The highest BCUT2D eigenvalue weighted by Crippen LogP contribution is 2.42. The van der Waals surface area contributed by atoms with E-state index in [2.05, 4.69) is 48.2 Å². The molecule has 0 N–H and O–H groups in total. The highest BCUT2D eigenvalue weighted by molar-refractivity contribution is 6.31. The van der Waals surface area contributed by atoms with E-state index in [-0.39, 0.29) is 0 Å². The van der Waals surface area contributed by atoms with E-state index in [9.17, 15) is 0 Å². The number of rotatable bonds is 1. The summed E-state index contributed by atoms with van der Waals surface area (Å²) < 4.78 is 0. The Kier molecular flexibility index (Phi) is 2.61. The molecule has 0 amide bonds. The Bertz CT molecular complexity index is 721. The fourth-order valence-corrected chi connectivity index (χ4v) is 3.27. The van der Waals surface area contributed by atoms with Gasteiger partial charge in [-0.3, -0.25) is 4.99 Å². The van der Waals surface area contributed by atoms with E-state index in [0.29, 0.717) is 6.04 Å². The Morgan fingerprint density at radius 1 is 1.15 bits per heavy atom. The van der Waals surface area contributed by atoms with Crippen LogP contribution in [0, 0.1) is 0 Å². The van der Waals surface area contributed by atoms with Crippen LogP contribution < -0.4 is 4.90 Å². The van der Waals surface area contributed by atoms with Crippen molar-refractivity contribution in [3.8, 4) is 11.1 Å². The van der Waals surface area contributed by atoms with Crippen LogP contribution in [0.15, 0.2) is 47.5 Å². The summed E-state index contributed by atoms with van der Waals surface area (Å²) in [6, 6.07) is 15.0. The standard InChI is InChI=1S/C17H15ClN2/c1-2-12-10-20-16-8-7-11(18)9-15(16)13-5-3-4-6-14(13)17(20)19-12/h3-9,12H,2,10H2,1H3/t12-/m0/s1. The maximum atomic E-state index is 6.19. The molecule has 2 heterocycles. The van der Waals surface area contributed by atoms with Crippen molar-refractivity contribution in [3.63, 3.8) is 0 Å². The molecule has 2 aromatic rings. The largest absolute Gasteiger partial charge is 0.323 e. The molecule has 2 aliphatic heterocycles. The van der Waals surface area contributed by atoms with E-state index < -0.39 is 0 Å². The lowest BCUT2D eigenvalue weighted by Crippen LogP contribution is -2.32. The summed E-state index contributed by atoms with van der Waals surface area (Å²) >= 11 is 6.19. The summed E-state index contributed by atoms with van der Waals surface area (Å²) in [4.78, 5) is 7.24. The third-order valence-corrected chi connectivity index (χ3v) is 4.37. The number of fused-ring (bicyclic) bond motifs is 6. The molecule has 0 fully saturated rings. The molecule has 4 rings (SSSR count). The van der Waals surface area contributed by atoms with Gasteiger partial charge in [0, 0.05) is 22.7 Å². The van der Waals surface area contributed by atoms with Crippen LogP contribution in [0.25, 0.3) is 11.1 Å². The van der Waals surface area contributed by atoms with Crippen LogP contribution in [-0.4, -0.2) is 18.4 Å². The van der Waals surface area contributed by atoms with Gasteiger partial charge in [0.2, 0.25) is 0 Å². The molecule has 0 unspecified atom stereocenters. The van der Waals surface area contributed by atoms with Gasteiger partial charge in [0.25, 0.3) is 0 Å². The van der Waals surface area contributed by atoms with Crippen LogP contribution in [0.3, 0.4) is 0 Å². The molecular formula is C17H15ClN2. The summed E-state index contributed by atoms with van der Waals surface area (Å²) in [6.07, 6.45) is 1.07. The van der Waals surface area contributed by atoms with Crippen molar-refractivity contribution >= 4 is 23.1 Å². The molecule has 0 aliphatic carbocycles. The van der Waals surface area contributed by atoms with Gasteiger partial charge in [0.1, 0.15) is 5.84 Å². The number of anilines is 1. The van der Waals surface area contributed by atoms with Crippen molar-refractivity contribution in [3.05, 3.63) is 53.1 Å². The SMILES string of the molecule is CC[C@H]1CN2C(=N1)c1ccccc1-c1cc(Cl)ccc12. The van der Waals surface area contributed by atoms with Crippen LogP contribution in [0.4, 0.5) is 5.69 Å². The van der Waals surface area contributed by atoms with Crippen molar-refractivity contribution in [1.29, 1.82) is 0 Å². The van der Waals surface area contributed by atoms with Crippen molar-refractivity contribution in [1.82, 2.24) is 0 Å². The van der Waals surface area contributed by atoms with E-state index in [1.807, 2.05) is 6.07 Å². The molecule has 0 bridgehead atoms. The zero-order valence-corrected chi connectivity index (χ0v) is 12.1. The molecular weight excluding hydrogens is 268 g/mol. The van der Waals surface area contributed by atoms with Crippen molar-refractivity contribution < 1.29 is 0 Å². The number of hydrogen-bond acceptors (Lipinski definition) is 2. The average Bonchev–Trinajstić information content (AvgIpc) is 2.92. The van der Waals surface area contributed by atoms with Crippen LogP contribution in [0.1, 0.15) is 18.9 Å². The van der Waals surface area contributed by atoms with Crippen LogP contribution in [0.2, 0.25) is 5.02 Å². The zero-order chi connectivity index (χ0) is 13.7. The van der Waals surface area contributed by atoms with E-state index in [0.717, 1.165) is 23.8 Å². The Labute approximate surface area is 123 Å². The summed E-state index contributed by atoms with van der Waals surface area (Å²) in [5.41, 5.74) is 4.89. The average molecular weight is 283 g/mol. The maximum absolute atomic E-state index is 6.19. The molecule has 0 radical (unpaired) electrons. The van der Waals surface area contributed by atoms with Gasteiger partial charge in [0.05, 0.1) is 11.7 Å². The molecule has 20 heavy (non-hydrogen) atoms. The summed E-state index contributed by atoms with van der Waals surface area (Å²) in [7, 11) is 0. The summed E-state index contributed by atoms with van der Waals surface area (Å²) in [5, 5.41) is 0.783. The molecule has 100 valence electrons. The minimum Gasteiger partial charge on any atom is -0.323 e. The number of amidine groups is 1. The monoisotopic (exact) mass is 282 g/mol. The first kappa shape index (κ1) is 12.0. The first-order valence-corrected chi connectivity index (χ1v) is 7.40. The minimum atomic E-state index is 0.389. The van der Waals surface area contributed by atoms with Gasteiger partial charge < -0.3 is 4.90 Å². The number of nitrogens with zero attached hydrogens (tertiary/aromatic N) is 2. The quantitative estimate of drug-likeness (QED) is 0.758. The van der Waals surface area contributed by atoms with Crippen molar-refractivity contribution in [2.24, 2.45) is 4.99 Å². The van der Waals surface area contributed by atoms with Gasteiger partial charge in [-0.25, -0.2) is 0 Å². The number of hydrogen-bond donors (Lipinski definition) is 0.